The van der Waals surface area contributed by atoms with E-state index in [9.17, 15) is 9.59 Å². The summed E-state index contributed by atoms with van der Waals surface area (Å²) in [6.45, 7) is 6.29. The summed E-state index contributed by atoms with van der Waals surface area (Å²) >= 11 is 1.67. The normalized spacial score (nSPS) is 21.6. The van der Waals surface area contributed by atoms with Crippen LogP contribution in [-0.4, -0.2) is 59.3 Å². The molecule has 2 saturated heterocycles. The summed E-state index contributed by atoms with van der Waals surface area (Å²) in [5, 5.41) is 2.06. The maximum Gasteiger partial charge on any atom is 0.410 e. The van der Waals surface area contributed by atoms with Crippen LogP contribution < -0.4 is 0 Å². The van der Waals surface area contributed by atoms with Crippen molar-refractivity contribution in [2.75, 3.05) is 25.4 Å². The van der Waals surface area contributed by atoms with Crippen LogP contribution in [0.5, 0.6) is 0 Å². The molecule has 3 rings (SSSR count). The molecule has 1 aromatic rings. The Morgan fingerprint density at radius 2 is 2.00 bits per heavy atom. The highest BCUT2D eigenvalue weighted by Gasteiger charge is 2.41. The van der Waals surface area contributed by atoms with E-state index in [1.165, 1.54) is 5.56 Å². The minimum absolute atomic E-state index is 0.174. The van der Waals surface area contributed by atoms with Gasteiger partial charge in [-0.2, -0.15) is 0 Å². The van der Waals surface area contributed by atoms with Gasteiger partial charge in [0.2, 0.25) is 5.91 Å². The van der Waals surface area contributed by atoms with Gasteiger partial charge >= 0.3 is 6.09 Å². The molecule has 0 N–H and O–H groups in total. The van der Waals surface area contributed by atoms with Crippen LogP contribution in [0, 0.1) is 5.92 Å². The van der Waals surface area contributed by atoms with Gasteiger partial charge in [-0.3, -0.25) is 9.69 Å². The van der Waals surface area contributed by atoms with Gasteiger partial charge in [0.25, 0.3) is 0 Å². The summed E-state index contributed by atoms with van der Waals surface area (Å²) < 4.78 is 5.33. The number of likely N-dealkylation sites (tertiary alicyclic amines) is 1. The lowest BCUT2D eigenvalue weighted by Crippen LogP contribution is -2.51. The Balaban J connectivity index is 1.40. The summed E-state index contributed by atoms with van der Waals surface area (Å²) in [4.78, 5) is 28.7. The van der Waals surface area contributed by atoms with Gasteiger partial charge in [0.05, 0.1) is 6.04 Å². The van der Waals surface area contributed by atoms with E-state index in [2.05, 4.69) is 37.5 Å². The zero-order valence-electron chi connectivity index (χ0n) is 17.5. The van der Waals surface area contributed by atoms with Crippen molar-refractivity contribution in [2.24, 2.45) is 5.92 Å². The zero-order chi connectivity index (χ0) is 20.6. The van der Waals surface area contributed by atoms with E-state index < -0.39 is 0 Å². The van der Waals surface area contributed by atoms with E-state index in [-0.39, 0.29) is 24.1 Å². The molecule has 0 saturated carbocycles. The minimum Gasteiger partial charge on any atom is -0.447 e. The Morgan fingerprint density at radius 1 is 1.28 bits per heavy atom. The summed E-state index contributed by atoms with van der Waals surface area (Å²) in [7, 11) is 0. The first-order valence-electron chi connectivity index (χ1n) is 10.7. The molecule has 2 unspecified atom stereocenters. The summed E-state index contributed by atoms with van der Waals surface area (Å²) in [6, 6.07) is 10.5. The molecule has 0 aromatic heterocycles. The van der Waals surface area contributed by atoms with Crippen LogP contribution >= 0.6 is 11.8 Å². The second-order valence-corrected chi connectivity index (χ2v) is 8.90. The largest absolute Gasteiger partial charge is 0.447 e. The maximum absolute atomic E-state index is 12.5. The first-order valence-corrected chi connectivity index (χ1v) is 11.7. The van der Waals surface area contributed by atoms with Crippen molar-refractivity contribution in [3.8, 4) is 0 Å². The fourth-order valence-corrected chi connectivity index (χ4v) is 4.72. The molecule has 5 nitrogen and oxygen atoms in total. The number of thioether (sulfide) groups is 1. The van der Waals surface area contributed by atoms with Gasteiger partial charge in [0.15, 0.2) is 0 Å². The molecule has 0 radical (unpaired) electrons. The number of cyclic esters (lactones) is 1. The van der Waals surface area contributed by atoms with E-state index in [1.54, 1.807) is 11.8 Å². The van der Waals surface area contributed by atoms with Crippen LogP contribution in [0.15, 0.2) is 35.7 Å². The van der Waals surface area contributed by atoms with Crippen LogP contribution in [0.4, 0.5) is 4.79 Å². The molecule has 2 aliphatic heterocycles. The monoisotopic (exact) mass is 416 g/mol. The molecule has 2 amide bonds. The topological polar surface area (TPSA) is 49.9 Å². The molecule has 1 aromatic carbocycles. The smallest absolute Gasteiger partial charge is 0.410 e. The molecule has 2 atom stereocenters. The fraction of sp³-hybridized carbons (Fsp3) is 0.565. The van der Waals surface area contributed by atoms with Crippen LogP contribution in [0.1, 0.15) is 45.1 Å². The first-order chi connectivity index (χ1) is 14.1. The van der Waals surface area contributed by atoms with Gasteiger partial charge < -0.3 is 9.64 Å². The van der Waals surface area contributed by atoms with Crippen molar-refractivity contribution in [3.63, 3.8) is 0 Å². The molecule has 0 spiro atoms. The number of carbonyl (C=O) groups excluding carboxylic acids is 2. The second kappa shape index (κ2) is 10.7. The van der Waals surface area contributed by atoms with E-state index in [4.69, 9.17) is 4.74 Å². The second-order valence-electron chi connectivity index (χ2n) is 7.88. The van der Waals surface area contributed by atoms with Crippen LogP contribution in [0.25, 0.3) is 6.08 Å². The van der Waals surface area contributed by atoms with Crippen LogP contribution in [0.2, 0.25) is 0 Å². The standard InChI is InChI=1S/C23H32N2O3S/c1-3-18(2)21-17-28-23(27)25(21)20-9-13-24(14-10-20)22(26)12-16-29-15-11-19-7-5-4-6-8-19/h4-8,11,15,18,20-21H,3,9-10,12-14,16-17H2,1-2H3. The average molecular weight is 417 g/mol. The quantitative estimate of drug-likeness (QED) is 0.580. The molecule has 2 aliphatic rings. The van der Waals surface area contributed by atoms with Gasteiger partial charge in [-0.05, 0) is 35.8 Å². The van der Waals surface area contributed by atoms with Gasteiger partial charge in [0, 0.05) is 31.3 Å². The van der Waals surface area contributed by atoms with Crippen molar-refractivity contribution in [1.82, 2.24) is 9.80 Å². The molecular weight excluding hydrogens is 384 g/mol. The number of hydrogen-bond donors (Lipinski definition) is 0. The van der Waals surface area contributed by atoms with Gasteiger partial charge in [-0.25, -0.2) is 4.79 Å². The number of amides is 2. The van der Waals surface area contributed by atoms with E-state index in [0.29, 0.717) is 18.9 Å². The average Bonchev–Trinajstić information content (AvgIpc) is 3.15. The van der Waals surface area contributed by atoms with Gasteiger partial charge in [-0.15, -0.1) is 11.8 Å². The molecule has 0 bridgehead atoms. The fourth-order valence-electron chi connectivity index (χ4n) is 4.03. The Bertz CT molecular complexity index is 701. The van der Waals surface area contributed by atoms with Gasteiger partial charge in [-0.1, -0.05) is 50.6 Å². The number of hydrogen-bond acceptors (Lipinski definition) is 4. The number of nitrogens with zero attached hydrogens (tertiary/aromatic N) is 2. The molecule has 2 heterocycles. The van der Waals surface area contributed by atoms with Crippen molar-refractivity contribution < 1.29 is 14.3 Å². The van der Waals surface area contributed by atoms with Crippen molar-refractivity contribution >= 4 is 29.8 Å². The summed E-state index contributed by atoms with van der Waals surface area (Å²) in [5.41, 5.74) is 1.17. The summed E-state index contributed by atoms with van der Waals surface area (Å²) in [6.07, 6.45) is 5.16. The Morgan fingerprint density at radius 3 is 2.69 bits per heavy atom. The zero-order valence-corrected chi connectivity index (χ0v) is 18.3. The van der Waals surface area contributed by atoms with Gasteiger partial charge in [0.1, 0.15) is 6.61 Å². The lowest BCUT2D eigenvalue weighted by atomic mass is 9.95. The molecule has 6 heteroatoms. The minimum atomic E-state index is -0.179. The number of carbonyl (C=O) groups is 2. The Hall–Kier alpha value is -1.95. The van der Waals surface area contributed by atoms with Crippen molar-refractivity contribution in [3.05, 3.63) is 41.3 Å². The third-order valence-electron chi connectivity index (χ3n) is 6.05. The number of piperidine rings is 1. The lowest BCUT2D eigenvalue weighted by molar-refractivity contribution is -0.132. The number of ether oxygens (including phenoxy) is 1. The predicted octanol–water partition coefficient (Wildman–Crippen LogP) is 4.64. The first kappa shape index (κ1) is 21.8. The molecule has 2 fully saturated rings. The summed E-state index contributed by atoms with van der Waals surface area (Å²) in [5.74, 6) is 1.44. The van der Waals surface area contributed by atoms with E-state index in [0.717, 1.165) is 38.1 Å². The van der Waals surface area contributed by atoms with Crippen molar-refractivity contribution in [2.45, 2.75) is 51.6 Å². The lowest BCUT2D eigenvalue weighted by Gasteiger charge is -2.39. The molecular formula is C23H32N2O3S. The SMILES string of the molecule is CCC(C)C1COC(=O)N1C1CCN(C(=O)CCSC=Cc2ccccc2)CC1. The predicted molar refractivity (Wildman–Crippen MR) is 119 cm³/mol. The van der Waals surface area contributed by atoms with Crippen molar-refractivity contribution in [1.29, 1.82) is 0 Å². The molecule has 29 heavy (non-hydrogen) atoms. The highest BCUT2D eigenvalue weighted by Crippen LogP contribution is 2.29. The Kier molecular flexibility index (Phi) is 8.04. The molecule has 158 valence electrons. The Labute approximate surface area is 178 Å². The van der Waals surface area contributed by atoms with E-state index >= 15 is 0 Å². The number of benzene rings is 1. The van der Waals surface area contributed by atoms with E-state index in [1.807, 2.05) is 28.0 Å². The highest BCUT2D eigenvalue weighted by atomic mass is 32.2. The number of rotatable bonds is 8. The molecule has 0 aliphatic carbocycles. The maximum atomic E-state index is 12.5. The third-order valence-corrected chi connectivity index (χ3v) is 6.82. The highest BCUT2D eigenvalue weighted by molar-refractivity contribution is 8.02. The van der Waals surface area contributed by atoms with Crippen LogP contribution in [-0.2, 0) is 9.53 Å². The third kappa shape index (κ3) is 5.78. The van der Waals surface area contributed by atoms with Crippen LogP contribution in [0.3, 0.4) is 0 Å².